The van der Waals surface area contributed by atoms with Crippen LogP contribution in [0.2, 0.25) is 0 Å². The number of benzene rings is 1. The number of ketones is 1. The normalized spacial score (nSPS) is 17.0. The maximum Gasteiger partial charge on any atom is 0.401 e. The molecule has 0 aliphatic carbocycles. The number of esters is 1. The van der Waals surface area contributed by atoms with Crippen LogP contribution in [-0.4, -0.2) is 78.2 Å². The first-order valence-electron chi connectivity index (χ1n) is 12.0. The van der Waals surface area contributed by atoms with Crippen LogP contribution in [0, 0.1) is 0 Å². The molecule has 11 nitrogen and oxygen atoms in total. The number of hydrogen-bond acceptors (Lipinski definition) is 7. The number of amides is 2. The average Bonchev–Trinajstić information content (AvgIpc) is 3.35. The molecule has 13 heteroatoms. The van der Waals surface area contributed by atoms with Crippen LogP contribution >= 0.6 is 0 Å². The Balaban J connectivity index is 2.15. The highest BCUT2D eigenvalue weighted by Gasteiger charge is 2.52. The van der Waals surface area contributed by atoms with Gasteiger partial charge in [-0.15, -0.1) is 0 Å². The van der Waals surface area contributed by atoms with Crippen molar-refractivity contribution in [2.45, 2.75) is 63.1 Å². The summed E-state index contributed by atoms with van der Waals surface area (Å²) in [6.07, 6.45) is 0.790. The number of alkyl halides is 2. The molecule has 0 spiro atoms. The third-order valence-corrected chi connectivity index (χ3v) is 5.87. The maximum absolute atomic E-state index is 14.5. The summed E-state index contributed by atoms with van der Waals surface area (Å²) >= 11 is 0. The Bertz CT molecular complexity index is 987. The smallest absolute Gasteiger partial charge is 0.401 e. The molecule has 0 saturated carbocycles. The molecule has 3 atom stereocenters. The highest BCUT2D eigenvalue weighted by Crippen LogP contribution is 2.23. The summed E-state index contributed by atoms with van der Waals surface area (Å²) in [6, 6.07) is 5.45. The highest BCUT2D eigenvalue weighted by atomic mass is 19.3. The Morgan fingerprint density at radius 3 is 2.51 bits per heavy atom. The summed E-state index contributed by atoms with van der Waals surface area (Å²) in [4.78, 5) is 55.5. The Labute approximate surface area is 213 Å². The van der Waals surface area contributed by atoms with Crippen LogP contribution in [0.1, 0.15) is 38.2 Å². The molecule has 204 valence electrons. The number of guanidine groups is 1. The number of nitrogens with two attached hydrogens (primary N) is 3. The number of carbonyl (C=O) groups is 4. The lowest BCUT2D eigenvalue weighted by Crippen LogP contribution is -2.57. The topological polar surface area (TPSA) is 183 Å². The zero-order chi connectivity index (χ0) is 27.6. The summed E-state index contributed by atoms with van der Waals surface area (Å²) in [5.74, 6) is -9.79. The predicted molar refractivity (Wildman–Crippen MR) is 131 cm³/mol. The maximum atomic E-state index is 14.5. The minimum absolute atomic E-state index is 0.00927. The molecular formula is C24H34F2N6O5. The van der Waals surface area contributed by atoms with Gasteiger partial charge in [-0.2, -0.15) is 8.78 Å². The zero-order valence-electron chi connectivity index (χ0n) is 20.7. The van der Waals surface area contributed by atoms with Gasteiger partial charge >= 0.3 is 11.9 Å². The van der Waals surface area contributed by atoms with Crippen molar-refractivity contribution >= 4 is 29.5 Å². The molecule has 1 aliphatic heterocycles. The van der Waals surface area contributed by atoms with Gasteiger partial charge in [-0.3, -0.25) is 19.4 Å². The molecule has 7 N–H and O–H groups in total. The summed E-state index contributed by atoms with van der Waals surface area (Å²) in [5.41, 5.74) is 17.5. The van der Waals surface area contributed by atoms with Crippen molar-refractivity contribution in [3.05, 3.63) is 35.9 Å². The van der Waals surface area contributed by atoms with Crippen LogP contribution in [0.15, 0.2) is 35.3 Å². The second kappa shape index (κ2) is 13.6. The van der Waals surface area contributed by atoms with Gasteiger partial charge in [0.05, 0.1) is 18.7 Å². The first kappa shape index (κ1) is 29.6. The third-order valence-electron chi connectivity index (χ3n) is 5.87. The molecule has 0 aromatic heterocycles. The van der Waals surface area contributed by atoms with E-state index in [4.69, 9.17) is 17.2 Å². The molecule has 1 heterocycles. The first-order chi connectivity index (χ1) is 17.5. The van der Waals surface area contributed by atoms with Crippen LogP contribution in [0.4, 0.5) is 8.78 Å². The van der Waals surface area contributed by atoms with Crippen molar-refractivity contribution in [3.8, 4) is 0 Å². The fourth-order valence-electron chi connectivity index (χ4n) is 4.05. The summed E-state index contributed by atoms with van der Waals surface area (Å²) in [6.45, 7) is 1.23. The molecule has 2 rings (SSSR count). The zero-order valence-corrected chi connectivity index (χ0v) is 20.7. The number of carbonyl (C=O) groups excluding carboxylic acids is 4. The third kappa shape index (κ3) is 8.20. The Kier molecular flexibility index (Phi) is 10.9. The lowest BCUT2D eigenvalue weighted by Gasteiger charge is -2.29. The van der Waals surface area contributed by atoms with Gasteiger partial charge in [0.25, 0.3) is 0 Å². The van der Waals surface area contributed by atoms with E-state index in [1.807, 2.05) is 30.3 Å². The molecule has 1 fully saturated rings. The van der Waals surface area contributed by atoms with Crippen molar-refractivity contribution in [1.29, 1.82) is 0 Å². The first-order valence-corrected chi connectivity index (χ1v) is 12.0. The molecule has 0 radical (unpaired) electrons. The van der Waals surface area contributed by atoms with Gasteiger partial charge in [0.2, 0.25) is 17.6 Å². The summed E-state index contributed by atoms with van der Waals surface area (Å²) in [5, 5.41) is 2.30. The van der Waals surface area contributed by atoms with E-state index in [-0.39, 0.29) is 51.3 Å². The molecule has 1 saturated heterocycles. The van der Waals surface area contributed by atoms with Gasteiger partial charge in [-0.1, -0.05) is 30.3 Å². The number of hydrogen-bond donors (Lipinski definition) is 4. The summed E-state index contributed by atoms with van der Waals surface area (Å²) < 4.78 is 33.3. The molecule has 3 unspecified atom stereocenters. The molecule has 2 amide bonds. The lowest BCUT2D eigenvalue weighted by atomic mass is 10.0. The number of halogens is 2. The number of aliphatic imine (C=N–C) groups is 1. The van der Waals surface area contributed by atoms with Crippen molar-refractivity contribution in [1.82, 2.24) is 10.2 Å². The van der Waals surface area contributed by atoms with Gasteiger partial charge in [-0.25, -0.2) is 4.79 Å². The number of nitrogens with one attached hydrogen (secondary N) is 1. The van der Waals surface area contributed by atoms with Gasteiger partial charge in [0, 0.05) is 13.1 Å². The van der Waals surface area contributed by atoms with Gasteiger partial charge in [0.1, 0.15) is 6.04 Å². The SMILES string of the molecule is CCOC(=O)C(F)(F)C(=O)C(CCCN=C(N)N)NC(=O)C1CCCN1C(=O)C(N)Cc1ccccc1. The monoisotopic (exact) mass is 524 g/mol. The van der Waals surface area contributed by atoms with Gasteiger partial charge in [-0.05, 0) is 44.6 Å². The number of rotatable bonds is 13. The molecule has 1 aromatic rings. The molecule has 0 bridgehead atoms. The van der Waals surface area contributed by atoms with Crippen LogP contribution < -0.4 is 22.5 Å². The van der Waals surface area contributed by atoms with E-state index in [9.17, 15) is 28.0 Å². The van der Waals surface area contributed by atoms with Crippen LogP contribution in [0.3, 0.4) is 0 Å². The molecule has 1 aromatic carbocycles. The fourth-order valence-corrected chi connectivity index (χ4v) is 4.05. The van der Waals surface area contributed by atoms with Gasteiger partial charge in [0.15, 0.2) is 5.96 Å². The van der Waals surface area contributed by atoms with E-state index in [0.29, 0.717) is 6.42 Å². The van der Waals surface area contributed by atoms with Gasteiger partial charge < -0.3 is 32.2 Å². The van der Waals surface area contributed by atoms with Crippen LogP contribution in [0.25, 0.3) is 0 Å². The highest BCUT2D eigenvalue weighted by molar-refractivity contribution is 6.08. The fraction of sp³-hybridized carbons (Fsp3) is 0.542. The van der Waals surface area contributed by atoms with Crippen molar-refractivity contribution in [2.24, 2.45) is 22.2 Å². The molecule has 1 aliphatic rings. The van der Waals surface area contributed by atoms with Crippen molar-refractivity contribution in [2.75, 3.05) is 19.7 Å². The Morgan fingerprint density at radius 2 is 1.89 bits per heavy atom. The molecule has 37 heavy (non-hydrogen) atoms. The molecular weight excluding hydrogens is 490 g/mol. The largest absolute Gasteiger partial charge is 0.461 e. The van der Waals surface area contributed by atoms with Crippen LogP contribution in [0.5, 0.6) is 0 Å². The minimum Gasteiger partial charge on any atom is -0.461 e. The predicted octanol–water partition coefficient (Wildman–Crippen LogP) is -0.147. The lowest BCUT2D eigenvalue weighted by molar-refractivity contribution is -0.177. The van der Waals surface area contributed by atoms with E-state index in [1.54, 1.807) is 0 Å². The Morgan fingerprint density at radius 1 is 1.22 bits per heavy atom. The second-order valence-corrected chi connectivity index (χ2v) is 8.65. The van der Waals surface area contributed by atoms with E-state index in [0.717, 1.165) is 5.56 Å². The van der Waals surface area contributed by atoms with Crippen molar-refractivity contribution < 1.29 is 32.7 Å². The second-order valence-electron chi connectivity index (χ2n) is 8.65. The van der Waals surface area contributed by atoms with E-state index in [1.165, 1.54) is 11.8 Å². The number of nitrogens with zero attached hydrogens (tertiary/aromatic N) is 2. The average molecular weight is 525 g/mol. The number of ether oxygens (including phenoxy) is 1. The number of likely N-dealkylation sites (tertiary alicyclic amines) is 1. The summed E-state index contributed by atoms with van der Waals surface area (Å²) in [7, 11) is 0. The van der Waals surface area contributed by atoms with E-state index in [2.05, 4.69) is 15.0 Å². The minimum atomic E-state index is -4.48. The number of Topliss-reactive ketones (excluding diaryl/α,β-unsaturated/α-hetero) is 1. The standard InChI is InChI=1S/C24H34F2N6O5/c1-2-37-22(36)24(25,26)19(33)17(10-6-12-30-23(28)29)31-20(34)18-11-7-13-32(18)21(35)16(27)14-15-8-4-3-5-9-15/h3-5,8-9,16-18H,2,6-7,10-14,27H2,1H3,(H,31,34)(H4,28,29,30). The quantitative estimate of drug-likeness (QED) is 0.0903. The van der Waals surface area contributed by atoms with E-state index < -0.39 is 47.6 Å². The van der Waals surface area contributed by atoms with E-state index >= 15 is 0 Å². The van der Waals surface area contributed by atoms with Crippen LogP contribution in [-0.2, 0) is 30.3 Å². The Hall–Kier alpha value is -3.61. The van der Waals surface area contributed by atoms with Crippen molar-refractivity contribution in [3.63, 3.8) is 0 Å².